The van der Waals surface area contributed by atoms with Gasteiger partial charge < -0.3 is 5.32 Å². The summed E-state index contributed by atoms with van der Waals surface area (Å²) >= 11 is 0. The fraction of sp³-hybridized carbons (Fsp3) is 0.238. The van der Waals surface area contributed by atoms with Gasteiger partial charge >= 0.3 is 0 Å². The van der Waals surface area contributed by atoms with Gasteiger partial charge in [-0.05, 0) is 68.7 Å². The van der Waals surface area contributed by atoms with E-state index in [2.05, 4.69) is 16.5 Å². The van der Waals surface area contributed by atoms with E-state index in [1.807, 2.05) is 74.8 Å². The highest BCUT2D eigenvalue weighted by Gasteiger charge is 2.09. The van der Waals surface area contributed by atoms with E-state index in [-0.39, 0.29) is 5.91 Å². The second-order valence-corrected chi connectivity index (χ2v) is 6.48. The molecule has 0 aliphatic heterocycles. The number of anilines is 1. The molecule has 128 valence electrons. The first-order chi connectivity index (χ1) is 11.9. The fourth-order valence-corrected chi connectivity index (χ4v) is 2.85. The molecule has 4 heteroatoms. The van der Waals surface area contributed by atoms with Crippen LogP contribution in [0.15, 0.2) is 48.5 Å². The molecule has 0 bridgehead atoms. The largest absolute Gasteiger partial charge is 0.322 e. The molecule has 0 saturated carbocycles. The zero-order chi connectivity index (χ0) is 18.0. The average molecular weight is 333 g/mol. The zero-order valence-electron chi connectivity index (χ0n) is 15.1. The summed E-state index contributed by atoms with van der Waals surface area (Å²) in [5.41, 5.74) is 7.04. The Morgan fingerprint density at radius 3 is 2.40 bits per heavy atom. The number of rotatable bonds is 4. The van der Waals surface area contributed by atoms with Gasteiger partial charge in [0.25, 0.3) is 5.91 Å². The molecular formula is C21H23N3O. The summed E-state index contributed by atoms with van der Waals surface area (Å²) in [4.78, 5) is 12.5. The standard InChI is InChI=1S/C21H23N3O/c1-14-6-5-7-20(17(14)4)22-21(25)19-10-8-18(9-11-19)13-24-16(3)12-15(2)23-24/h5-12H,13H2,1-4H3,(H,22,25). The maximum atomic E-state index is 12.5. The van der Waals surface area contributed by atoms with Crippen molar-refractivity contribution in [3.05, 3.63) is 82.2 Å². The van der Waals surface area contributed by atoms with Crippen molar-refractivity contribution in [3.8, 4) is 0 Å². The van der Waals surface area contributed by atoms with Crippen molar-refractivity contribution in [1.82, 2.24) is 9.78 Å². The summed E-state index contributed by atoms with van der Waals surface area (Å²) in [5.74, 6) is -0.0913. The molecule has 2 aromatic carbocycles. The van der Waals surface area contributed by atoms with Crippen LogP contribution < -0.4 is 5.32 Å². The van der Waals surface area contributed by atoms with Crippen LogP contribution in [-0.4, -0.2) is 15.7 Å². The van der Waals surface area contributed by atoms with Crippen molar-refractivity contribution in [1.29, 1.82) is 0 Å². The van der Waals surface area contributed by atoms with Crippen LogP contribution in [-0.2, 0) is 6.54 Å². The third-order valence-corrected chi connectivity index (χ3v) is 4.50. The lowest BCUT2D eigenvalue weighted by molar-refractivity contribution is 0.102. The topological polar surface area (TPSA) is 46.9 Å². The van der Waals surface area contributed by atoms with Gasteiger partial charge in [-0.3, -0.25) is 9.48 Å². The Morgan fingerprint density at radius 2 is 1.76 bits per heavy atom. The summed E-state index contributed by atoms with van der Waals surface area (Å²) in [5, 5.41) is 7.47. The molecule has 0 spiro atoms. The van der Waals surface area contributed by atoms with Crippen LogP contribution in [0.3, 0.4) is 0 Å². The molecule has 25 heavy (non-hydrogen) atoms. The first-order valence-electron chi connectivity index (χ1n) is 8.41. The first-order valence-corrected chi connectivity index (χ1v) is 8.41. The fourth-order valence-electron chi connectivity index (χ4n) is 2.85. The third-order valence-electron chi connectivity index (χ3n) is 4.50. The summed E-state index contributed by atoms with van der Waals surface area (Å²) in [6, 6.07) is 15.7. The molecule has 0 fully saturated rings. The highest BCUT2D eigenvalue weighted by atomic mass is 16.1. The normalized spacial score (nSPS) is 10.7. The second-order valence-electron chi connectivity index (χ2n) is 6.48. The van der Waals surface area contributed by atoms with Gasteiger partial charge in [-0.2, -0.15) is 5.10 Å². The molecular weight excluding hydrogens is 310 g/mol. The van der Waals surface area contributed by atoms with E-state index < -0.39 is 0 Å². The van der Waals surface area contributed by atoms with Crippen molar-refractivity contribution in [2.45, 2.75) is 34.2 Å². The number of benzene rings is 2. The maximum absolute atomic E-state index is 12.5. The van der Waals surface area contributed by atoms with Crippen LogP contribution in [0.4, 0.5) is 5.69 Å². The number of carbonyl (C=O) groups is 1. The molecule has 3 rings (SSSR count). The summed E-state index contributed by atoms with van der Waals surface area (Å²) in [6.45, 7) is 8.80. The third kappa shape index (κ3) is 3.79. The van der Waals surface area contributed by atoms with E-state index in [9.17, 15) is 4.79 Å². The molecule has 1 heterocycles. The van der Waals surface area contributed by atoms with Crippen LogP contribution in [0.25, 0.3) is 0 Å². The molecule has 0 aliphatic carbocycles. The lowest BCUT2D eigenvalue weighted by Crippen LogP contribution is -2.13. The number of nitrogens with zero attached hydrogens (tertiary/aromatic N) is 2. The van der Waals surface area contributed by atoms with Crippen LogP contribution in [0.1, 0.15) is 38.4 Å². The van der Waals surface area contributed by atoms with Gasteiger partial charge in [0.2, 0.25) is 0 Å². The lowest BCUT2D eigenvalue weighted by Gasteiger charge is -2.11. The monoisotopic (exact) mass is 333 g/mol. The SMILES string of the molecule is Cc1cc(C)n(Cc2ccc(C(=O)Nc3cccc(C)c3C)cc2)n1. The van der Waals surface area contributed by atoms with Crippen LogP contribution in [0.5, 0.6) is 0 Å². The van der Waals surface area contributed by atoms with Gasteiger partial charge in [0, 0.05) is 16.9 Å². The van der Waals surface area contributed by atoms with Crippen LogP contribution in [0, 0.1) is 27.7 Å². The van der Waals surface area contributed by atoms with Gasteiger partial charge in [-0.1, -0.05) is 24.3 Å². The van der Waals surface area contributed by atoms with Gasteiger partial charge in [0.15, 0.2) is 0 Å². The molecule has 1 aromatic heterocycles. The molecule has 0 atom stereocenters. The Bertz CT molecular complexity index is 907. The Kier molecular flexibility index (Phi) is 4.70. The zero-order valence-corrected chi connectivity index (χ0v) is 15.1. The van der Waals surface area contributed by atoms with Gasteiger partial charge in [-0.15, -0.1) is 0 Å². The van der Waals surface area contributed by atoms with E-state index >= 15 is 0 Å². The second kappa shape index (κ2) is 6.93. The minimum absolute atomic E-state index is 0.0913. The van der Waals surface area contributed by atoms with E-state index in [4.69, 9.17) is 0 Å². The van der Waals surface area contributed by atoms with E-state index in [0.717, 1.165) is 33.8 Å². The van der Waals surface area contributed by atoms with Crippen LogP contribution >= 0.6 is 0 Å². The quantitative estimate of drug-likeness (QED) is 0.768. The smallest absolute Gasteiger partial charge is 0.255 e. The number of carbonyl (C=O) groups excluding carboxylic acids is 1. The highest BCUT2D eigenvalue weighted by Crippen LogP contribution is 2.19. The van der Waals surface area contributed by atoms with Crippen molar-refractivity contribution < 1.29 is 4.79 Å². The Balaban J connectivity index is 1.72. The van der Waals surface area contributed by atoms with Gasteiger partial charge in [-0.25, -0.2) is 0 Å². The van der Waals surface area contributed by atoms with E-state index in [1.165, 1.54) is 0 Å². The average Bonchev–Trinajstić information content (AvgIpc) is 2.90. The number of amides is 1. The van der Waals surface area contributed by atoms with Gasteiger partial charge in [0.05, 0.1) is 12.2 Å². The van der Waals surface area contributed by atoms with Crippen molar-refractivity contribution in [2.75, 3.05) is 5.32 Å². The molecule has 0 radical (unpaired) electrons. The number of aromatic nitrogens is 2. The summed E-state index contributed by atoms with van der Waals surface area (Å²) in [7, 11) is 0. The number of hydrogen-bond donors (Lipinski definition) is 1. The molecule has 1 amide bonds. The number of hydrogen-bond acceptors (Lipinski definition) is 2. The summed E-state index contributed by atoms with van der Waals surface area (Å²) < 4.78 is 1.97. The summed E-state index contributed by atoms with van der Waals surface area (Å²) in [6.07, 6.45) is 0. The molecule has 4 nitrogen and oxygen atoms in total. The van der Waals surface area contributed by atoms with Crippen molar-refractivity contribution >= 4 is 11.6 Å². The number of nitrogens with one attached hydrogen (secondary N) is 1. The predicted molar refractivity (Wildman–Crippen MR) is 101 cm³/mol. The Hall–Kier alpha value is -2.88. The highest BCUT2D eigenvalue weighted by molar-refractivity contribution is 6.04. The van der Waals surface area contributed by atoms with E-state index in [0.29, 0.717) is 12.1 Å². The molecule has 0 aliphatic rings. The number of aryl methyl sites for hydroxylation is 3. The minimum Gasteiger partial charge on any atom is -0.322 e. The maximum Gasteiger partial charge on any atom is 0.255 e. The molecule has 0 saturated heterocycles. The van der Waals surface area contributed by atoms with E-state index in [1.54, 1.807) is 0 Å². The van der Waals surface area contributed by atoms with Crippen molar-refractivity contribution in [3.63, 3.8) is 0 Å². The van der Waals surface area contributed by atoms with Crippen LogP contribution in [0.2, 0.25) is 0 Å². The molecule has 1 N–H and O–H groups in total. The Morgan fingerprint density at radius 1 is 1.04 bits per heavy atom. The van der Waals surface area contributed by atoms with Crippen molar-refractivity contribution in [2.24, 2.45) is 0 Å². The minimum atomic E-state index is -0.0913. The molecule has 3 aromatic rings. The Labute approximate surface area is 148 Å². The lowest BCUT2D eigenvalue weighted by atomic mass is 10.1. The predicted octanol–water partition coefficient (Wildman–Crippen LogP) is 4.42. The van der Waals surface area contributed by atoms with Gasteiger partial charge in [0.1, 0.15) is 0 Å². The first kappa shape index (κ1) is 17.0. The molecule has 0 unspecified atom stereocenters.